The van der Waals surface area contributed by atoms with Gasteiger partial charge in [-0.2, -0.15) is 0 Å². The summed E-state index contributed by atoms with van der Waals surface area (Å²) in [5, 5.41) is 0. The van der Waals surface area contributed by atoms with Gasteiger partial charge in [0.05, 0.1) is 6.10 Å². The molecule has 1 fully saturated rings. The predicted molar refractivity (Wildman–Crippen MR) is 77.2 cm³/mol. The molecule has 0 N–H and O–H groups in total. The summed E-state index contributed by atoms with van der Waals surface area (Å²) in [4.78, 5) is 16.7. The quantitative estimate of drug-likeness (QED) is 0.796. The van der Waals surface area contributed by atoms with Crippen molar-refractivity contribution >= 4 is 5.78 Å². The maximum absolute atomic E-state index is 12.4. The van der Waals surface area contributed by atoms with Crippen LogP contribution in [0.2, 0.25) is 0 Å². The number of hydrogen-bond acceptors (Lipinski definition) is 3. The lowest BCUT2D eigenvalue weighted by Gasteiger charge is -2.07. The minimum atomic E-state index is -0.0412. The molecule has 0 saturated heterocycles. The van der Waals surface area contributed by atoms with Gasteiger partial charge in [0.25, 0.3) is 0 Å². The Balaban J connectivity index is 1.82. The van der Waals surface area contributed by atoms with Crippen LogP contribution in [0.1, 0.15) is 40.0 Å². The van der Waals surface area contributed by atoms with E-state index in [9.17, 15) is 4.79 Å². The molecule has 1 saturated carbocycles. The van der Waals surface area contributed by atoms with E-state index in [4.69, 9.17) is 4.74 Å². The number of aromatic nitrogens is 1. The van der Waals surface area contributed by atoms with Gasteiger partial charge in [-0.15, -0.1) is 0 Å². The predicted octanol–water partition coefficient (Wildman–Crippen LogP) is 3.47. The molecule has 0 unspecified atom stereocenters. The van der Waals surface area contributed by atoms with E-state index in [0.29, 0.717) is 17.4 Å². The number of hydrogen-bond donors (Lipinski definition) is 0. The van der Waals surface area contributed by atoms with Gasteiger partial charge < -0.3 is 4.74 Å². The van der Waals surface area contributed by atoms with Gasteiger partial charge in [-0.3, -0.25) is 9.78 Å². The minimum absolute atomic E-state index is 0.0412. The Morgan fingerprint density at radius 2 is 1.90 bits per heavy atom. The molecule has 0 bridgehead atoms. The van der Waals surface area contributed by atoms with Gasteiger partial charge in [-0.1, -0.05) is 6.07 Å². The molecule has 20 heavy (non-hydrogen) atoms. The van der Waals surface area contributed by atoms with Crippen LogP contribution >= 0.6 is 0 Å². The zero-order valence-electron chi connectivity index (χ0n) is 11.7. The standard InChI is InChI=1S/C17H17NO2/c1-11-9-12(2)16(18-10-11)17(19)13-3-5-14(6-4-13)20-15-7-8-15/h3-6,9-10,15H,7-8H2,1-2H3. The molecule has 0 atom stereocenters. The third-order valence-corrected chi connectivity index (χ3v) is 3.37. The monoisotopic (exact) mass is 267 g/mol. The smallest absolute Gasteiger partial charge is 0.211 e. The zero-order chi connectivity index (χ0) is 14.1. The summed E-state index contributed by atoms with van der Waals surface area (Å²) in [7, 11) is 0. The number of aryl methyl sites for hydroxylation is 2. The molecule has 0 aliphatic heterocycles. The average molecular weight is 267 g/mol. The van der Waals surface area contributed by atoms with Gasteiger partial charge >= 0.3 is 0 Å². The van der Waals surface area contributed by atoms with Crippen LogP contribution in [0.15, 0.2) is 36.5 Å². The van der Waals surface area contributed by atoms with Crippen molar-refractivity contribution < 1.29 is 9.53 Å². The van der Waals surface area contributed by atoms with Crippen molar-refractivity contribution in [3.63, 3.8) is 0 Å². The fourth-order valence-corrected chi connectivity index (χ4v) is 2.15. The van der Waals surface area contributed by atoms with E-state index in [1.54, 1.807) is 18.3 Å². The van der Waals surface area contributed by atoms with E-state index < -0.39 is 0 Å². The van der Waals surface area contributed by atoms with Crippen LogP contribution in [-0.2, 0) is 0 Å². The lowest BCUT2D eigenvalue weighted by atomic mass is 10.0. The number of ketones is 1. The maximum Gasteiger partial charge on any atom is 0.211 e. The van der Waals surface area contributed by atoms with E-state index in [0.717, 1.165) is 29.7 Å². The average Bonchev–Trinajstić information content (AvgIpc) is 3.23. The first-order valence-electron chi connectivity index (χ1n) is 6.88. The minimum Gasteiger partial charge on any atom is -0.490 e. The fourth-order valence-electron chi connectivity index (χ4n) is 2.15. The zero-order valence-corrected chi connectivity index (χ0v) is 11.7. The highest BCUT2D eigenvalue weighted by Gasteiger charge is 2.23. The van der Waals surface area contributed by atoms with Gasteiger partial charge in [0.15, 0.2) is 0 Å². The molecule has 1 aliphatic carbocycles. The number of carbonyl (C=O) groups excluding carboxylic acids is 1. The molecule has 3 rings (SSSR count). The molecule has 0 amide bonds. The van der Waals surface area contributed by atoms with E-state index in [2.05, 4.69) is 4.98 Å². The summed E-state index contributed by atoms with van der Waals surface area (Å²) in [6.07, 6.45) is 4.36. The summed E-state index contributed by atoms with van der Waals surface area (Å²) in [6, 6.07) is 9.30. The Labute approximate surface area is 118 Å². The highest BCUT2D eigenvalue weighted by molar-refractivity contribution is 6.08. The van der Waals surface area contributed by atoms with Crippen molar-refractivity contribution in [2.45, 2.75) is 32.8 Å². The molecule has 0 spiro atoms. The van der Waals surface area contributed by atoms with Crippen molar-refractivity contribution in [3.05, 3.63) is 58.9 Å². The number of carbonyl (C=O) groups is 1. The highest BCUT2D eigenvalue weighted by atomic mass is 16.5. The Morgan fingerprint density at radius 1 is 1.20 bits per heavy atom. The Hall–Kier alpha value is -2.16. The van der Waals surface area contributed by atoms with Gasteiger partial charge in [0, 0.05) is 11.8 Å². The molecule has 2 aromatic rings. The molecule has 3 nitrogen and oxygen atoms in total. The Morgan fingerprint density at radius 3 is 2.50 bits per heavy atom. The van der Waals surface area contributed by atoms with Crippen LogP contribution in [0, 0.1) is 13.8 Å². The van der Waals surface area contributed by atoms with Crippen LogP contribution in [0.4, 0.5) is 0 Å². The van der Waals surface area contributed by atoms with Crippen molar-refractivity contribution in [1.29, 1.82) is 0 Å². The summed E-state index contributed by atoms with van der Waals surface area (Å²) < 4.78 is 5.68. The Bertz CT molecular complexity index is 643. The molecule has 1 aromatic heterocycles. The van der Waals surface area contributed by atoms with Crippen LogP contribution in [0.3, 0.4) is 0 Å². The third kappa shape index (κ3) is 2.72. The van der Waals surface area contributed by atoms with Gasteiger partial charge in [-0.25, -0.2) is 0 Å². The largest absolute Gasteiger partial charge is 0.490 e. The molecule has 102 valence electrons. The SMILES string of the molecule is Cc1cnc(C(=O)c2ccc(OC3CC3)cc2)c(C)c1. The summed E-state index contributed by atoms with van der Waals surface area (Å²) >= 11 is 0. The molecule has 3 heteroatoms. The number of ether oxygens (including phenoxy) is 1. The van der Waals surface area contributed by atoms with Crippen molar-refractivity contribution in [2.75, 3.05) is 0 Å². The first-order valence-corrected chi connectivity index (χ1v) is 6.88. The first kappa shape index (κ1) is 12.9. The molecular weight excluding hydrogens is 250 g/mol. The summed E-state index contributed by atoms with van der Waals surface area (Å²) in [5.74, 6) is 0.790. The second kappa shape index (κ2) is 5.08. The van der Waals surface area contributed by atoms with Crippen LogP contribution in [0.25, 0.3) is 0 Å². The number of nitrogens with zero attached hydrogens (tertiary/aromatic N) is 1. The van der Waals surface area contributed by atoms with E-state index in [1.165, 1.54) is 0 Å². The number of pyridine rings is 1. The molecule has 1 aromatic carbocycles. The summed E-state index contributed by atoms with van der Waals surface area (Å²) in [6.45, 7) is 3.88. The Kier molecular flexibility index (Phi) is 3.26. The van der Waals surface area contributed by atoms with Crippen molar-refractivity contribution in [3.8, 4) is 5.75 Å². The van der Waals surface area contributed by atoms with E-state index >= 15 is 0 Å². The van der Waals surface area contributed by atoms with Crippen molar-refractivity contribution in [1.82, 2.24) is 4.98 Å². The number of rotatable bonds is 4. The van der Waals surface area contributed by atoms with E-state index in [1.807, 2.05) is 32.0 Å². The first-order chi connectivity index (χ1) is 9.63. The van der Waals surface area contributed by atoms with Crippen LogP contribution in [-0.4, -0.2) is 16.9 Å². The van der Waals surface area contributed by atoms with Crippen LogP contribution < -0.4 is 4.74 Å². The molecule has 1 heterocycles. The molecular formula is C17H17NO2. The van der Waals surface area contributed by atoms with Gasteiger partial charge in [0.2, 0.25) is 5.78 Å². The normalized spacial score (nSPS) is 14.1. The highest BCUT2D eigenvalue weighted by Crippen LogP contribution is 2.27. The van der Waals surface area contributed by atoms with Crippen LogP contribution in [0.5, 0.6) is 5.75 Å². The second-order valence-corrected chi connectivity index (χ2v) is 5.35. The van der Waals surface area contributed by atoms with Gasteiger partial charge in [0.1, 0.15) is 11.4 Å². The number of benzene rings is 1. The molecule has 1 aliphatic rings. The summed E-state index contributed by atoms with van der Waals surface area (Å²) in [5.41, 5.74) is 3.14. The van der Waals surface area contributed by atoms with Crippen molar-refractivity contribution in [2.24, 2.45) is 0 Å². The molecule has 0 radical (unpaired) electrons. The lowest BCUT2D eigenvalue weighted by molar-refractivity contribution is 0.103. The van der Waals surface area contributed by atoms with Gasteiger partial charge in [-0.05, 0) is 62.1 Å². The maximum atomic E-state index is 12.4. The third-order valence-electron chi connectivity index (χ3n) is 3.37. The fraction of sp³-hybridized carbons (Fsp3) is 0.294. The van der Waals surface area contributed by atoms with E-state index in [-0.39, 0.29) is 5.78 Å². The lowest BCUT2D eigenvalue weighted by Crippen LogP contribution is -2.07. The topological polar surface area (TPSA) is 39.2 Å². The second-order valence-electron chi connectivity index (χ2n) is 5.35.